The van der Waals surface area contributed by atoms with Gasteiger partial charge in [-0.15, -0.1) is 0 Å². The molecule has 4 rings (SSSR count). The number of urea groups is 1. The van der Waals surface area contributed by atoms with Crippen molar-refractivity contribution in [3.8, 4) is 0 Å². The monoisotopic (exact) mass is 522 g/mol. The maximum atomic E-state index is 13.5. The van der Waals surface area contributed by atoms with Crippen molar-refractivity contribution in [1.29, 1.82) is 0 Å². The molecular weight excluding hydrogens is 499 g/mol. The fourth-order valence-electron chi connectivity index (χ4n) is 4.58. The normalized spacial score (nSPS) is 14.8. The molecule has 190 valence electrons. The van der Waals surface area contributed by atoms with E-state index in [2.05, 4.69) is 5.32 Å². The summed E-state index contributed by atoms with van der Waals surface area (Å²) in [4.78, 5) is 14.3. The van der Waals surface area contributed by atoms with E-state index >= 15 is 0 Å². The van der Waals surface area contributed by atoms with Crippen LogP contribution < -0.4 is 5.32 Å². The first-order valence-corrected chi connectivity index (χ1v) is 11.9. The molecule has 3 aromatic carbocycles. The quantitative estimate of drug-likeness (QED) is 0.337. The van der Waals surface area contributed by atoms with Crippen LogP contribution in [0.4, 0.5) is 32.4 Å². The summed E-state index contributed by atoms with van der Waals surface area (Å²) in [6.07, 6.45) is -2.50. The van der Waals surface area contributed by atoms with Gasteiger partial charge in [0, 0.05) is 24.7 Å². The fraction of sp³-hybridized carbons (Fsp3) is 0.296. The summed E-state index contributed by atoms with van der Waals surface area (Å²) < 4.78 is 66.3. The van der Waals surface area contributed by atoms with Gasteiger partial charge in [-0.1, -0.05) is 35.9 Å². The van der Waals surface area contributed by atoms with Crippen LogP contribution in [0.15, 0.2) is 66.7 Å². The highest BCUT2D eigenvalue weighted by molar-refractivity contribution is 6.31. The lowest BCUT2D eigenvalue weighted by molar-refractivity contribution is -0.137. The summed E-state index contributed by atoms with van der Waals surface area (Å²) in [5, 5.41) is 2.09. The number of hydrogen-bond donors (Lipinski definition) is 1. The van der Waals surface area contributed by atoms with E-state index in [9.17, 15) is 26.7 Å². The van der Waals surface area contributed by atoms with Crippen molar-refractivity contribution >= 4 is 23.3 Å². The van der Waals surface area contributed by atoms with Crippen LogP contribution in [0.3, 0.4) is 0 Å². The summed E-state index contributed by atoms with van der Waals surface area (Å²) in [6, 6.07) is 15.3. The Balaban J connectivity index is 1.40. The van der Waals surface area contributed by atoms with E-state index in [0.29, 0.717) is 25.9 Å². The maximum absolute atomic E-state index is 13.5. The van der Waals surface area contributed by atoms with Crippen LogP contribution in [0.25, 0.3) is 0 Å². The molecule has 9 heteroatoms. The Labute approximate surface area is 210 Å². The summed E-state index contributed by atoms with van der Waals surface area (Å²) in [6.45, 7) is 0.881. The zero-order valence-electron chi connectivity index (χ0n) is 19.2. The second-order valence-corrected chi connectivity index (χ2v) is 9.35. The number of alkyl halides is 3. The number of anilines is 1. The van der Waals surface area contributed by atoms with E-state index in [1.54, 1.807) is 29.2 Å². The number of rotatable bonds is 5. The van der Waals surface area contributed by atoms with Crippen molar-refractivity contribution < 1.29 is 26.7 Å². The Morgan fingerprint density at radius 1 is 0.917 bits per heavy atom. The summed E-state index contributed by atoms with van der Waals surface area (Å²) >= 11 is 5.65. The minimum Gasteiger partial charge on any atom is -0.325 e. The van der Waals surface area contributed by atoms with E-state index in [0.717, 1.165) is 29.7 Å². The smallest absolute Gasteiger partial charge is 0.325 e. The first-order valence-electron chi connectivity index (χ1n) is 11.5. The number of halogens is 6. The van der Waals surface area contributed by atoms with Gasteiger partial charge in [-0.25, -0.2) is 13.6 Å². The summed E-state index contributed by atoms with van der Waals surface area (Å²) in [5.74, 6) is -0.481. The molecule has 0 aromatic heterocycles. The first kappa shape index (κ1) is 25.9. The fourth-order valence-corrected chi connectivity index (χ4v) is 4.81. The Hall–Kier alpha value is -3.13. The number of carbonyl (C=O) groups is 1. The number of piperidine rings is 1. The number of hydrogen-bond acceptors (Lipinski definition) is 1. The van der Waals surface area contributed by atoms with Gasteiger partial charge in [-0.3, -0.25) is 0 Å². The third-order valence-electron chi connectivity index (χ3n) is 6.54. The van der Waals surface area contributed by atoms with Crippen LogP contribution in [0.5, 0.6) is 0 Å². The number of carbonyl (C=O) groups excluding carboxylic acids is 1. The second kappa shape index (κ2) is 10.9. The molecule has 36 heavy (non-hydrogen) atoms. The average Bonchev–Trinajstić information content (AvgIpc) is 2.85. The van der Waals surface area contributed by atoms with E-state index in [-0.39, 0.29) is 29.2 Å². The second-order valence-electron chi connectivity index (χ2n) is 8.94. The lowest BCUT2D eigenvalue weighted by Crippen LogP contribution is -2.41. The molecule has 1 fully saturated rings. The third kappa shape index (κ3) is 6.35. The minimum atomic E-state index is -4.62. The highest BCUT2D eigenvalue weighted by Crippen LogP contribution is 2.37. The van der Waals surface area contributed by atoms with Gasteiger partial charge in [0.1, 0.15) is 11.6 Å². The van der Waals surface area contributed by atoms with Gasteiger partial charge in [0.05, 0.1) is 10.6 Å². The van der Waals surface area contributed by atoms with E-state index in [1.807, 2.05) is 0 Å². The maximum Gasteiger partial charge on any atom is 0.417 e. The van der Waals surface area contributed by atoms with Crippen molar-refractivity contribution in [2.24, 2.45) is 5.92 Å². The molecular formula is C27H24ClF5N2O. The van der Waals surface area contributed by atoms with Crippen LogP contribution >= 0.6 is 11.6 Å². The zero-order valence-corrected chi connectivity index (χ0v) is 19.9. The van der Waals surface area contributed by atoms with Crippen LogP contribution in [0.2, 0.25) is 5.02 Å². The molecule has 0 aliphatic carbocycles. The minimum absolute atomic E-state index is 0.0199. The highest BCUT2D eigenvalue weighted by atomic mass is 35.5. The first-order chi connectivity index (χ1) is 17.1. The van der Waals surface area contributed by atoms with Gasteiger partial charge in [0.2, 0.25) is 0 Å². The van der Waals surface area contributed by atoms with Gasteiger partial charge in [0.15, 0.2) is 0 Å². The topological polar surface area (TPSA) is 32.3 Å². The van der Waals surface area contributed by atoms with Gasteiger partial charge >= 0.3 is 12.2 Å². The predicted molar refractivity (Wildman–Crippen MR) is 129 cm³/mol. The Morgan fingerprint density at radius 3 is 1.94 bits per heavy atom. The highest BCUT2D eigenvalue weighted by Gasteiger charge is 2.34. The van der Waals surface area contributed by atoms with Crippen molar-refractivity contribution in [2.75, 3.05) is 18.4 Å². The molecule has 1 aliphatic rings. The van der Waals surface area contributed by atoms with Crippen molar-refractivity contribution in [1.82, 2.24) is 4.90 Å². The molecule has 1 aliphatic heterocycles. The molecule has 0 spiro atoms. The Bertz CT molecular complexity index is 1140. The number of amides is 2. The molecule has 3 aromatic rings. The Kier molecular flexibility index (Phi) is 7.83. The zero-order chi connectivity index (χ0) is 25.9. The number of nitrogens with one attached hydrogen (secondary N) is 1. The van der Waals surface area contributed by atoms with E-state index < -0.39 is 22.8 Å². The summed E-state index contributed by atoms with van der Waals surface area (Å²) in [5.41, 5.74) is 0.859. The van der Waals surface area contributed by atoms with Gasteiger partial charge in [0.25, 0.3) is 0 Å². The average molecular weight is 523 g/mol. The van der Waals surface area contributed by atoms with Crippen molar-refractivity contribution in [3.05, 3.63) is 100 Å². The number of likely N-dealkylation sites (tertiary alicyclic amines) is 1. The molecule has 0 bridgehead atoms. The molecule has 0 unspecified atom stereocenters. The molecule has 1 N–H and O–H groups in total. The van der Waals surface area contributed by atoms with Gasteiger partial charge in [-0.2, -0.15) is 13.2 Å². The predicted octanol–water partition coefficient (Wildman–Crippen LogP) is 8.10. The van der Waals surface area contributed by atoms with Crippen LogP contribution in [0, 0.1) is 17.6 Å². The molecule has 1 heterocycles. The molecule has 0 atom stereocenters. The number of nitrogens with zero attached hydrogens (tertiary/aromatic N) is 1. The SMILES string of the molecule is O=C(Nc1ccc(Cl)c(C(F)(F)F)c1)N1CCC(CC(c2ccc(F)cc2)c2ccc(F)cc2)CC1. The molecule has 1 saturated heterocycles. The standard InChI is InChI=1S/C27H24ClF5N2O/c28-25-10-9-22(16-24(25)27(31,32)33)34-26(36)35-13-11-17(12-14-35)15-23(18-1-5-20(29)6-2-18)19-3-7-21(30)8-4-19/h1-10,16-17,23H,11-15H2,(H,34,36). The largest absolute Gasteiger partial charge is 0.417 e. The van der Waals surface area contributed by atoms with Crippen LogP contribution in [-0.4, -0.2) is 24.0 Å². The number of benzene rings is 3. The van der Waals surface area contributed by atoms with Gasteiger partial charge < -0.3 is 10.2 Å². The van der Waals surface area contributed by atoms with Crippen molar-refractivity contribution in [3.63, 3.8) is 0 Å². The lowest BCUT2D eigenvalue weighted by Gasteiger charge is -2.34. The third-order valence-corrected chi connectivity index (χ3v) is 6.87. The lowest BCUT2D eigenvalue weighted by atomic mass is 9.80. The molecule has 0 radical (unpaired) electrons. The van der Waals surface area contributed by atoms with E-state index in [4.69, 9.17) is 11.6 Å². The summed E-state index contributed by atoms with van der Waals surface area (Å²) in [7, 11) is 0. The Morgan fingerprint density at radius 2 is 1.44 bits per heavy atom. The van der Waals surface area contributed by atoms with E-state index in [1.165, 1.54) is 30.3 Å². The van der Waals surface area contributed by atoms with Crippen molar-refractivity contribution in [2.45, 2.75) is 31.4 Å². The molecule has 2 amide bonds. The van der Waals surface area contributed by atoms with Crippen LogP contribution in [0.1, 0.15) is 41.9 Å². The molecule has 0 saturated carbocycles. The van der Waals surface area contributed by atoms with Crippen LogP contribution in [-0.2, 0) is 6.18 Å². The molecule has 3 nitrogen and oxygen atoms in total. The van der Waals surface area contributed by atoms with Gasteiger partial charge in [-0.05, 0) is 78.8 Å².